The smallest absolute Gasteiger partial charge is 0.239 e. The normalized spacial score (nSPS) is 15.2. The number of hydrogen-bond donors (Lipinski definition) is 0. The molecule has 0 bridgehead atoms. The Morgan fingerprint density at radius 2 is 1.93 bits per heavy atom. The van der Waals surface area contributed by atoms with Gasteiger partial charge in [-0.25, -0.2) is 13.4 Å². The summed E-state index contributed by atoms with van der Waals surface area (Å²) in [6.45, 7) is 0. The van der Waals surface area contributed by atoms with E-state index in [0.29, 0.717) is 5.89 Å². The van der Waals surface area contributed by atoms with E-state index in [1.807, 2.05) is 42.6 Å². The maximum Gasteiger partial charge on any atom is 0.239 e. The molecule has 6 nitrogen and oxygen atoms in total. The van der Waals surface area contributed by atoms with Crippen LogP contribution >= 0.6 is 0 Å². The van der Waals surface area contributed by atoms with E-state index >= 15 is 0 Å². The summed E-state index contributed by atoms with van der Waals surface area (Å²) in [6, 6.07) is 11.7. The van der Waals surface area contributed by atoms with E-state index in [2.05, 4.69) is 9.97 Å². The van der Waals surface area contributed by atoms with Gasteiger partial charge in [0.05, 0.1) is 17.6 Å². The molecular formula is C20H15N3O3S. The molecule has 4 aromatic rings. The highest BCUT2D eigenvalue weighted by Gasteiger charge is 2.30. The molecule has 2 aromatic carbocycles. The number of aromatic nitrogens is 2. The van der Waals surface area contributed by atoms with Crippen LogP contribution in [0.3, 0.4) is 0 Å². The van der Waals surface area contributed by atoms with Crippen molar-refractivity contribution < 1.29 is 12.8 Å². The molecule has 0 saturated carbocycles. The van der Waals surface area contributed by atoms with Gasteiger partial charge >= 0.3 is 0 Å². The molecule has 0 amide bonds. The maximum atomic E-state index is 12.2. The number of hydrogen-bond acceptors (Lipinski definition) is 5. The number of nitrogens with zero attached hydrogens (tertiary/aromatic N) is 3. The van der Waals surface area contributed by atoms with Gasteiger partial charge < -0.3 is 4.42 Å². The zero-order valence-corrected chi connectivity index (χ0v) is 15.3. The first-order valence-electron chi connectivity index (χ1n) is 8.40. The van der Waals surface area contributed by atoms with E-state index in [9.17, 15) is 8.42 Å². The Morgan fingerprint density at radius 3 is 2.74 bits per heavy atom. The number of oxazole rings is 1. The number of fused-ring (bicyclic) bond motifs is 2. The van der Waals surface area contributed by atoms with Crippen LogP contribution in [0, 0.1) is 0 Å². The Bertz CT molecular complexity index is 1280. The summed E-state index contributed by atoms with van der Waals surface area (Å²) in [5.74, 6) is 0.577. The lowest BCUT2D eigenvalue weighted by Crippen LogP contribution is -2.20. The molecule has 1 aliphatic rings. The summed E-state index contributed by atoms with van der Waals surface area (Å²) in [6.07, 6.45) is 6.77. The fourth-order valence-corrected chi connectivity index (χ4v) is 4.81. The monoisotopic (exact) mass is 377 g/mol. The molecule has 2 aromatic heterocycles. The summed E-state index contributed by atoms with van der Waals surface area (Å²) in [5, 5.41) is 2.00. The SMILES string of the molecule is CN1c2ccc(-c3cncc4ccc(-c5ncco5)cc34)cc2CS1(=O)=O. The molecule has 0 radical (unpaired) electrons. The Kier molecular flexibility index (Phi) is 3.35. The first kappa shape index (κ1) is 16.0. The number of sulfonamides is 1. The molecule has 134 valence electrons. The summed E-state index contributed by atoms with van der Waals surface area (Å²) >= 11 is 0. The molecule has 5 rings (SSSR count). The van der Waals surface area contributed by atoms with Crippen molar-refractivity contribution in [3.8, 4) is 22.6 Å². The van der Waals surface area contributed by atoms with Crippen LogP contribution in [0.5, 0.6) is 0 Å². The van der Waals surface area contributed by atoms with Gasteiger partial charge in [-0.05, 0) is 40.8 Å². The van der Waals surface area contributed by atoms with Gasteiger partial charge in [0.25, 0.3) is 0 Å². The number of benzene rings is 2. The van der Waals surface area contributed by atoms with Gasteiger partial charge in [0.2, 0.25) is 15.9 Å². The van der Waals surface area contributed by atoms with Crippen LogP contribution in [0.4, 0.5) is 5.69 Å². The first-order valence-corrected chi connectivity index (χ1v) is 10.0. The predicted octanol–water partition coefficient (Wildman–Crippen LogP) is 3.84. The van der Waals surface area contributed by atoms with Crippen molar-refractivity contribution in [2.24, 2.45) is 0 Å². The Balaban J connectivity index is 1.69. The molecule has 0 spiro atoms. The van der Waals surface area contributed by atoms with Gasteiger partial charge in [0.1, 0.15) is 6.26 Å². The average Bonchev–Trinajstić information content (AvgIpc) is 3.28. The van der Waals surface area contributed by atoms with Crippen molar-refractivity contribution in [1.82, 2.24) is 9.97 Å². The van der Waals surface area contributed by atoms with Gasteiger partial charge in [-0.15, -0.1) is 0 Å². The molecule has 1 aliphatic heterocycles. The second-order valence-electron chi connectivity index (χ2n) is 6.53. The third kappa shape index (κ3) is 2.50. The molecule has 0 atom stereocenters. The van der Waals surface area contributed by atoms with Gasteiger partial charge in [0.15, 0.2) is 0 Å². The van der Waals surface area contributed by atoms with Crippen LogP contribution in [0.15, 0.2) is 65.7 Å². The Labute approximate surface area is 156 Å². The topological polar surface area (TPSA) is 76.3 Å². The first-order chi connectivity index (χ1) is 13.0. The largest absolute Gasteiger partial charge is 0.445 e. The second-order valence-corrected chi connectivity index (χ2v) is 8.53. The molecular weight excluding hydrogens is 362 g/mol. The molecule has 0 N–H and O–H groups in total. The van der Waals surface area contributed by atoms with E-state index < -0.39 is 10.0 Å². The summed E-state index contributed by atoms with van der Waals surface area (Å²) in [4.78, 5) is 8.56. The van der Waals surface area contributed by atoms with E-state index in [4.69, 9.17) is 4.42 Å². The Hall–Kier alpha value is -3.19. The lowest BCUT2D eigenvalue weighted by molar-refractivity contribution is 0.574. The van der Waals surface area contributed by atoms with Gasteiger partial charge in [-0.3, -0.25) is 9.29 Å². The third-order valence-corrected chi connectivity index (χ3v) is 6.63. The van der Waals surface area contributed by atoms with E-state index in [1.54, 1.807) is 25.7 Å². The lowest BCUT2D eigenvalue weighted by Gasteiger charge is -2.12. The van der Waals surface area contributed by atoms with E-state index in [-0.39, 0.29) is 5.75 Å². The van der Waals surface area contributed by atoms with Crippen molar-refractivity contribution in [3.05, 3.63) is 66.8 Å². The van der Waals surface area contributed by atoms with Crippen LogP contribution in [-0.4, -0.2) is 25.4 Å². The standard InChI is InChI=1S/C20H15N3O3S/c1-23-19-5-4-13(8-16(19)12-27(23,24)25)18-11-21-10-15-3-2-14(9-17(15)18)20-22-6-7-26-20/h2-11H,12H2,1H3. The number of rotatable bonds is 2. The van der Waals surface area contributed by atoms with Crippen molar-refractivity contribution >= 4 is 26.5 Å². The summed E-state index contributed by atoms with van der Waals surface area (Å²) < 4.78 is 31.1. The average molecular weight is 377 g/mol. The van der Waals surface area contributed by atoms with Crippen LogP contribution < -0.4 is 4.31 Å². The fraction of sp³-hybridized carbons (Fsp3) is 0.100. The van der Waals surface area contributed by atoms with Crippen molar-refractivity contribution in [1.29, 1.82) is 0 Å². The van der Waals surface area contributed by atoms with Crippen molar-refractivity contribution in [2.75, 3.05) is 11.4 Å². The van der Waals surface area contributed by atoms with Gasteiger partial charge in [-0.1, -0.05) is 12.1 Å². The highest BCUT2D eigenvalue weighted by molar-refractivity contribution is 7.92. The lowest BCUT2D eigenvalue weighted by atomic mass is 9.97. The quantitative estimate of drug-likeness (QED) is 0.530. The Morgan fingerprint density at radius 1 is 1.07 bits per heavy atom. The zero-order valence-electron chi connectivity index (χ0n) is 14.5. The van der Waals surface area contributed by atoms with Crippen molar-refractivity contribution in [2.45, 2.75) is 5.75 Å². The predicted molar refractivity (Wildman–Crippen MR) is 104 cm³/mol. The molecule has 0 unspecified atom stereocenters. The minimum absolute atomic E-state index is 0.0203. The molecule has 0 aliphatic carbocycles. The molecule has 7 heteroatoms. The minimum Gasteiger partial charge on any atom is -0.445 e. The number of anilines is 1. The van der Waals surface area contributed by atoms with Crippen LogP contribution in [0.1, 0.15) is 5.56 Å². The third-order valence-electron chi connectivity index (χ3n) is 4.92. The van der Waals surface area contributed by atoms with Crippen molar-refractivity contribution in [3.63, 3.8) is 0 Å². The molecule has 0 saturated heterocycles. The summed E-state index contributed by atoms with van der Waals surface area (Å²) in [7, 11) is -1.68. The maximum absolute atomic E-state index is 12.2. The van der Waals surface area contributed by atoms with Gasteiger partial charge in [0, 0.05) is 36.0 Å². The summed E-state index contributed by atoms with van der Waals surface area (Å²) in [5.41, 5.74) is 4.28. The minimum atomic E-state index is -3.26. The molecule has 0 fully saturated rings. The van der Waals surface area contributed by atoms with E-state index in [0.717, 1.165) is 38.7 Å². The highest BCUT2D eigenvalue weighted by Crippen LogP contribution is 2.37. The highest BCUT2D eigenvalue weighted by atomic mass is 32.2. The fourth-order valence-electron chi connectivity index (χ4n) is 3.51. The van der Waals surface area contributed by atoms with Crippen LogP contribution in [0.25, 0.3) is 33.4 Å². The molecule has 27 heavy (non-hydrogen) atoms. The van der Waals surface area contributed by atoms with E-state index in [1.165, 1.54) is 4.31 Å². The zero-order chi connectivity index (χ0) is 18.6. The van der Waals surface area contributed by atoms with Gasteiger partial charge in [-0.2, -0.15) is 0 Å². The molecule has 3 heterocycles. The number of pyridine rings is 1. The van der Waals surface area contributed by atoms with Crippen LogP contribution in [-0.2, 0) is 15.8 Å². The second kappa shape index (κ2) is 5.65. The van der Waals surface area contributed by atoms with Crippen LogP contribution in [0.2, 0.25) is 0 Å².